The molecule has 2 bridgehead atoms. The Labute approximate surface area is 111 Å². The number of hydrogen-bond donors (Lipinski definition) is 0. The van der Waals surface area contributed by atoms with Gasteiger partial charge in [-0.2, -0.15) is 0 Å². The molecule has 2 heterocycles. The standard InChI is InChI=1S/C14H16FNO3/c1-9(19-13-5-3-2-4-12(13)15)14(17)16-7-11-6-10(16)8-18-11/h2-5,9-11H,6-8H2,1H3/t9-,10-,11+/m0/s1. The summed E-state index contributed by atoms with van der Waals surface area (Å²) < 4.78 is 24.3. The van der Waals surface area contributed by atoms with Gasteiger partial charge in [0.2, 0.25) is 0 Å². The second-order valence-corrected chi connectivity index (χ2v) is 5.03. The van der Waals surface area contributed by atoms with Crippen LogP contribution in [0.15, 0.2) is 24.3 Å². The Hall–Kier alpha value is -1.62. The minimum Gasteiger partial charge on any atom is -0.478 e. The summed E-state index contributed by atoms with van der Waals surface area (Å²) in [6.07, 6.45) is 0.379. The molecule has 1 amide bonds. The van der Waals surface area contributed by atoms with Crippen molar-refractivity contribution in [3.8, 4) is 5.75 Å². The van der Waals surface area contributed by atoms with Crippen LogP contribution in [0.3, 0.4) is 0 Å². The Balaban J connectivity index is 1.66. The maximum atomic E-state index is 13.5. The Morgan fingerprint density at radius 2 is 2.32 bits per heavy atom. The van der Waals surface area contributed by atoms with E-state index < -0.39 is 11.9 Å². The van der Waals surface area contributed by atoms with Gasteiger partial charge in [0.1, 0.15) is 0 Å². The topological polar surface area (TPSA) is 38.8 Å². The predicted octanol–water partition coefficient (Wildman–Crippen LogP) is 1.59. The van der Waals surface area contributed by atoms with Crippen molar-refractivity contribution in [2.24, 2.45) is 0 Å². The monoisotopic (exact) mass is 265 g/mol. The van der Waals surface area contributed by atoms with Gasteiger partial charge in [0.15, 0.2) is 17.7 Å². The number of fused-ring (bicyclic) bond motifs is 2. The van der Waals surface area contributed by atoms with Crippen LogP contribution in [0.4, 0.5) is 4.39 Å². The molecule has 0 spiro atoms. The first-order chi connectivity index (χ1) is 9.15. The Morgan fingerprint density at radius 3 is 2.95 bits per heavy atom. The number of halogens is 1. The van der Waals surface area contributed by atoms with Crippen LogP contribution in [0.1, 0.15) is 13.3 Å². The number of ether oxygens (including phenoxy) is 2. The zero-order chi connectivity index (χ0) is 13.4. The number of para-hydroxylation sites is 1. The molecule has 0 radical (unpaired) electrons. The van der Waals surface area contributed by atoms with Gasteiger partial charge in [-0.15, -0.1) is 0 Å². The van der Waals surface area contributed by atoms with E-state index in [9.17, 15) is 9.18 Å². The number of carbonyl (C=O) groups excluding carboxylic acids is 1. The molecule has 1 aromatic rings. The zero-order valence-electron chi connectivity index (χ0n) is 10.7. The molecule has 2 aliphatic heterocycles. The van der Waals surface area contributed by atoms with E-state index in [0.717, 1.165) is 6.42 Å². The highest BCUT2D eigenvalue weighted by Gasteiger charge is 2.42. The summed E-state index contributed by atoms with van der Waals surface area (Å²) in [5, 5.41) is 0. The van der Waals surface area contributed by atoms with E-state index >= 15 is 0 Å². The third-order valence-electron chi connectivity index (χ3n) is 3.67. The van der Waals surface area contributed by atoms with Gasteiger partial charge in [0, 0.05) is 6.54 Å². The fraction of sp³-hybridized carbons (Fsp3) is 0.500. The average molecular weight is 265 g/mol. The summed E-state index contributed by atoms with van der Waals surface area (Å²) in [6, 6.07) is 6.27. The largest absolute Gasteiger partial charge is 0.478 e. The number of benzene rings is 1. The lowest BCUT2D eigenvalue weighted by Gasteiger charge is -2.29. The van der Waals surface area contributed by atoms with Gasteiger partial charge in [-0.3, -0.25) is 4.79 Å². The number of amides is 1. The molecule has 3 rings (SSSR count). The molecule has 3 atom stereocenters. The Kier molecular flexibility index (Phi) is 3.14. The van der Waals surface area contributed by atoms with Crippen LogP contribution in [0.5, 0.6) is 5.75 Å². The van der Waals surface area contributed by atoms with Gasteiger partial charge >= 0.3 is 0 Å². The van der Waals surface area contributed by atoms with Crippen molar-refractivity contribution >= 4 is 5.91 Å². The summed E-state index contributed by atoms with van der Waals surface area (Å²) in [5.74, 6) is -0.434. The van der Waals surface area contributed by atoms with E-state index in [1.807, 2.05) is 0 Å². The van der Waals surface area contributed by atoms with Crippen molar-refractivity contribution in [3.05, 3.63) is 30.1 Å². The van der Waals surface area contributed by atoms with E-state index in [-0.39, 0.29) is 23.8 Å². The van der Waals surface area contributed by atoms with Crippen LogP contribution in [-0.4, -0.2) is 42.2 Å². The molecule has 0 aliphatic carbocycles. The average Bonchev–Trinajstić information content (AvgIpc) is 3.03. The number of likely N-dealkylation sites (tertiary alicyclic amines) is 1. The van der Waals surface area contributed by atoms with Crippen LogP contribution in [0.25, 0.3) is 0 Å². The van der Waals surface area contributed by atoms with Crippen LogP contribution < -0.4 is 4.74 Å². The van der Waals surface area contributed by atoms with Crippen LogP contribution in [0, 0.1) is 5.82 Å². The second kappa shape index (κ2) is 4.81. The number of nitrogens with zero attached hydrogens (tertiary/aromatic N) is 1. The first-order valence-electron chi connectivity index (χ1n) is 6.48. The number of carbonyl (C=O) groups is 1. The maximum Gasteiger partial charge on any atom is 0.263 e. The van der Waals surface area contributed by atoms with Gasteiger partial charge in [-0.05, 0) is 25.5 Å². The summed E-state index contributed by atoms with van der Waals surface area (Å²) in [6.45, 7) is 2.87. The minimum absolute atomic E-state index is 0.0981. The molecule has 19 heavy (non-hydrogen) atoms. The summed E-state index contributed by atoms with van der Waals surface area (Å²) in [7, 11) is 0. The first-order valence-corrected chi connectivity index (χ1v) is 6.48. The highest BCUT2D eigenvalue weighted by Crippen LogP contribution is 2.28. The van der Waals surface area contributed by atoms with E-state index in [0.29, 0.717) is 13.2 Å². The minimum atomic E-state index is -0.684. The molecule has 2 fully saturated rings. The predicted molar refractivity (Wildman–Crippen MR) is 66.3 cm³/mol. The maximum absolute atomic E-state index is 13.5. The lowest BCUT2D eigenvalue weighted by Crippen LogP contribution is -2.47. The molecule has 0 unspecified atom stereocenters. The third kappa shape index (κ3) is 2.30. The fourth-order valence-electron chi connectivity index (χ4n) is 2.68. The molecular formula is C14H16FNO3. The first kappa shape index (κ1) is 12.4. The number of hydrogen-bond acceptors (Lipinski definition) is 3. The van der Waals surface area contributed by atoms with Crippen LogP contribution >= 0.6 is 0 Å². The van der Waals surface area contributed by atoms with Crippen molar-refractivity contribution in [3.63, 3.8) is 0 Å². The fourth-order valence-corrected chi connectivity index (χ4v) is 2.68. The highest BCUT2D eigenvalue weighted by atomic mass is 19.1. The molecular weight excluding hydrogens is 249 g/mol. The number of morpholine rings is 1. The second-order valence-electron chi connectivity index (χ2n) is 5.03. The van der Waals surface area contributed by atoms with E-state index in [1.54, 1.807) is 24.0 Å². The molecule has 0 aromatic heterocycles. The summed E-state index contributed by atoms with van der Waals surface area (Å²) in [5.41, 5.74) is 0. The van der Waals surface area contributed by atoms with E-state index in [4.69, 9.17) is 9.47 Å². The van der Waals surface area contributed by atoms with Gasteiger partial charge < -0.3 is 14.4 Å². The molecule has 1 aromatic carbocycles. The lowest BCUT2D eigenvalue weighted by atomic mass is 10.2. The van der Waals surface area contributed by atoms with Crippen LogP contribution in [0.2, 0.25) is 0 Å². The quantitative estimate of drug-likeness (QED) is 0.833. The molecule has 2 saturated heterocycles. The smallest absolute Gasteiger partial charge is 0.263 e. The molecule has 102 valence electrons. The van der Waals surface area contributed by atoms with Crippen molar-refractivity contribution in [2.75, 3.05) is 13.2 Å². The van der Waals surface area contributed by atoms with Gasteiger partial charge in [-0.1, -0.05) is 12.1 Å². The Morgan fingerprint density at radius 1 is 1.53 bits per heavy atom. The van der Waals surface area contributed by atoms with Crippen molar-refractivity contribution in [1.82, 2.24) is 4.90 Å². The Bertz CT molecular complexity index is 493. The van der Waals surface area contributed by atoms with Gasteiger partial charge in [0.25, 0.3) is 5.91 Å². The van der Waals surface area contributed by atoms with Crippen molar-refractivity contribution in [1.29, 1.82) is 0 Å². The van der Waals surface area contributed by atoms with Crippen molar-refractivity contribution < 1.29 is 18.7 Å². The molecule has 2 aliphatic rings. The van der Waals surface area contributed by atoms with Crippen molar-refractivity contribution in [2.45, 2.75) is 31.6 Å². The summed E-state index contributed by atoms with van der Waals surface area (Å²) >= 11 is 0. The SMILES string of the molecule is C[C@H](Oc1ccccc1F)C(=O)N1C[C@H]2C[C@H]1CO2. The highest BCUT2D eigenvalue weighted by molar-refractivity contribution is 5.81. The molecule has 0 saturated carbocycles. The van der Waals surface area contributed by atoms with E-state index in [1.165, 1.54) is 12.1 Å². The lowest BCUT2D eigenvalue weighted by molar-refractivity contribution is -0.142. The third-order valence-corrected chi connectivity index (χ3v) is 3.67. The summed E-state index contributed by atoms with van der Waals surface area (Å²) in [4.78, 5) is 14.1. The number of rotatable bonds is 3. The van der Waals surface area contributed by atoms with E-state index in [2.05, 4.69) is 0 Å². The normalized spacial score (nSPS) is 26.5. The molecule has 5 heteroatoms. The zero-order valence-corrected chi connectivity index (χ0v) is 10.7. The van der Waals surface area contributed by atoms with Gasteiger partial charge in [-0.25, -0.2) is 4.39 Å². The molecule has 4 nitrogen and oxygen atoms in total. The van der Waals surface area contributed by atoms with Gasteiger partial charge in [0.05, 0.1) is 18.8 Å². The van der Waals surface area contributed by atoms with Crippen LogP contribution in [-0.2, 0) is 9.53 Å². The molecule has 0 N–H and O–H groups in total.